The maximum absolute atomic E-state index is 5.66. The first kappa shape index (κ1) is 12.5. The molecule has 1 N–H and O–H groups in total. The fraction of sp³-hybridized carbons (Fsp3) is 0.750. The molecule has 5 nitrogen and oxygen atoms in total. The van der Waals surface area contributed by atoms with Crippen molar-refractivity contribution in [3.05, 3.63) is 17.5 Å². The largest absolute Gasteiger partial charge is 0.377 e. The van der Waals surface area contributed by atoms with E-state index >= 15 is 0 Å². The monoisotopic (exact) mass is 240 g/mol. The lowest BCUT2D eigenvalue weighted by molar-refractivity contribution is 0.0726. The number of nitrogens with zero attached hydrogens (tertiary/aromatic N) is 1. The molecule has 0 amide bonds. The average molecular weight is 240 g/mol. The van der Waals surface area contributed by atoms with E-state index in [1.165, 1.54) is 12.8 Å². The molecule has 0 saturated carbocycles. The number of piperidine rings is 1. The zero-order valence-electron chi connectivity index (χ0n) is 10.3. The molecule has 1 aliphatic heterocycles. The molecular weight excluding hydrogens is 220 g/mol. The molecule has 0 radical (unpaired) electrons. The van der Waals surface area contributed by atoms with Gasteiger partial charge in [-0.3, -0.25) is 0 Å². The summed E-state index contributed by atoms with van der Waals surface area (Å²) in [6.45, 7) is 4.01. The summed E-state index contributed by atoms with van der Waals surface area (Å²) in [5, 5.41) is 7.27. The normalized spacial score (nSPS) is 17.5. The van der Waals surface area contributed by atoms with Crippen LogP contribution >= 0.6 is 0 Å². The zero-order chi connectivity index (χ0) is 11.9. The first-order chi connectivity index (χ1) is 8.38. The molecule has 2 rings (SSSR count). The van der Waals surface area contributed by atoms with Crippen LogP contribution in [0.15, 0.2) is 10.6 Å². The molecule has 1 saturated heterocycles. The Morgan fingerprint density at radius 3 is 3.00 bits per heavy atom. The van der Waals surface area contributed by atoms with Crippen molar-refractivity contribution in [1.82, 2.24) is 10.5 Å². The minimum atomic E-state index is 0.460. The molecule has 0 bridgehead atoms. The highest BCUT2D eigenvalue weighted by Gasteiger charge is 2.13. The molecule has 5 heteroatoms. The predicted molar refractivity (Wildman–Crippen MR) is 62.5 cm³/mol. The van der Waals surface area contributed by atoms with Crippen LogP contribution in [0.4, 0.5) is 0 Å². The number of hydrogen-bond acceptors (Lipinski definition) is 5. The first-order valence-corrected chi connectivity index (χ1v) is 6.10. The van der Waals surface area contributed by atoms with Crippen molar-refractivity contribution < 1.29 is 14.0 Å². The topological polar surface area (TPSA) is 56.5 Å². The number of aromatic nitrogens is 1. The van der Waals surface area contributed by atoms with Crippen LogP contribution in [-0.2, 0) is 22.7 Å². The lowest BCUT2D eigenvalue weighted by Crippen LogP contribution is -2.29. The smallest absolute Gasteiger partial charge is 0.162 e. The number of hydrogen-bond donors (Lipinski definition) is 1. The van der Waals surface area contributed by atoms with Crippen molar-refractivity contribution in [1.29, 1.82) is 0 Å². The highest BCUT2D eigenvalue weighted by molar-refractivity contribution is 5.03. The van der Waals surface area contributed by atoms with Gasteiger partial charge < -0.3 is 19.3 Å². The predicted octanol–water partition coefficient (Wildman–Crippen LogP) is 1.34. The SMILES string of the molecule is COCc1cc(COCC2CCNCC2)no1. The van der Waals surface area contributed by atoms with Crippen molar-refractivity contribution >= 4 is 0 Å². The molecule has 1 fully saturated rings. The maximum Gasteiger partial charge on any atom is 0.162 e. The van der Waals surface area contributed by atoms with E-state index in [1.54, 1.807) is 7.11 Å². The Morgan fingerprint density at radius 1 is 1.41 bits per heavy atom. The molecule has 0 aromatic carbocycles. The van der Waals surface area contributed by atoms with E-state index in [2.05, 4.69) is 10.5 Å². The lowest BCUT2D eigenvalue weighted by Gasteiger charge is -2.21. The van der Waals surface area contributed by atoms with Crippen LogP contribution < -0.4 is 5.32 Å². The lowest BCUT2D eigenvalue weighted by atomic mass is 9.99. The van der Waals surface area contributed by atoms with E-state index in [1.807, 2.05) is 6.07 Å². The summed E-state index contributed by atoms with van der Waals surface area (Å²) in [6.07, 6.45) is 2.40. The van der Waals surface area contributed by atoms with Crippen LogP contribution in [0.2, 0.25) is 0 Å². The van der Waals surface area contributed by atoms with Gasteiger partial charge in [0.2, 0.25) is 0 Å². The van der Waals surface area contributed by atoms with Gasteiger partial charge in [0.1, 0.15) is 12.3 Å². The van der Waals surface area contributed by atoms with Crippen molar-refractivity contribution in [3.63, 3.8) is 0 Å². The molecule has 0 aliphatic carbocycles. The molecule has 96 valence electrons. The second kappa shape index (κ2) is 6.74. The summed E-state index contributed by atoms with van der Waals surface area (Å²) in [6, 6.07) is 1.88. The molecule has 0 atom stereocenters. The van der Waals surface area contributed by atoms with Gasteiger partial charge in [0.05, 0.1) is 13.2 Å². The van der Waals surface area contributed by atoms with Gasteiger partial charge in [-0.05, 0) is 31.8 Å². The summed E-state index contributed by atoms with van der Waals surface area (Å²) in [5.41, 5.74) is 0.839. The van der Waals surface area contributed by atoms with Gasteiger partial charge in [-0.25, -0.2) is 0 Å². The van der Waals surface area contributed by atoms with E-state index in [0.717, 1.165) is 31.2 Å². The molecule has 1 aromatic rings. The minimum absolute atomic E-state index is 0.460. The Labute approximate surface area is 101 Å². The van der Waals surface area contributed by atoms with Crippen molar-refractivity contribution in [3.8, 4) is 0 Å². The van der Waals surface area contributed by atoms with Gasteiger partial charge in [0.25, 0.3) is 0 Å². The highest BCUT2D eigenvalue weighted by Crippen LogP contribution is 2.13. The van der Waals surface area contributed by atoms with E-state index in [-0.39, 0.29) is 0 Å². The summed E-state index contributed by atoms with van der Waals surface area (Å²) in [4.78, 5) is 0. The quantitative estimate of drug-likeness (QED) is 0.813. The summed E-state index contributed by atoms with van der Waals surface area (Å²) < 4.78 is 15.7. The standard InChI is InChI=1S/C12H20N2O3/c1-15-9-12-6-11(14-17-12)8-16-7-10-2-4-13-5-3-10/h6,10,13H,2-5,7-9H2,1H3. The van der Waals surface area contributed by atoms with Crippen molar-refractivity contribution in [2.45, 2.75) is 26.1 Å². The molecular formula is C12H20N2O3. The molecule has 17 heavy (non-hydrogen) atoms. The third-order valence-corrected chi connectivity index (χ3v) is 2.96. The van der Waals surface area contributed by atoms with Gasteiger partial charge >= 0.3 is 0 Å². The molecule has 1 aliphatic rings. The molecule has 1 aromatic heterocycles. The maximum atomic E-state index is 5.66. The zero-order valence-corrected chi connectivity index (χ0v) is 10.3. The van der Waals surface area contributed by atoms with Gasteiger partial charge in [-0.2, -0.15) is 0 Å². The molecule has 0 spiro atoms. The second-order valence-electron chi connectivity index (χ2n) is 4.43. The van der Waals surface area contributed by atoms with Gasteiger partial charge in [0.15, 0.2) is 5.76 Å². The number of nitrogens with one attached hydrogen (secondary N) is 1. The Kier molecular flexibility index (Phi) is 4.97. The van der Waals surface area contributed by atoms with E-state index in [4.69, 9.17) is 14.0 Å². The fourth-order valence-corrected chi connectivity index (χ4v) is 2.01. The summed E-state index contributed by atoms with van der Waals surface area (Å²) in [7, 11) is 1.63. The van der Waals surface area contributed by atoms with Gasteiger partial charge in [-0.1, -0.05) is 5.16 Å². The van der Waals surface area contributed by atoms with E-state index in [0.29, 0.717) is 19.1 Å². The first-order valence-electron chi connectivity index (χ1n) is 6.10. The third-order valence-electron chi connectivity index (χ3n) is 2.96. The van der Waals surface area contributed by atoms with Crippen LogP contribution in [0.5, 0.6) is 0 Å². The Hall–Kier alpha value is -0.910. The minimum Gasteiger partial charge on any atom is -0.377 e. The Morgan fingerprint density at radius 2 is 2.24 bits per heavy atom. The van der Waals surface area contributed by atoms with Crippen LogP contribution in [0.25, 0.3) is 0 Å². The number of ether oxygens (including phenoxy) is 2. The van der Waals surface area contributed by atoms with Gasteiger partial charge in [0, 0.05) is 13.2 Å². The third kappa shape index (κ3) is 4.11. The Bertz CT molecular complexity index is 321. The van der Waals surface area contributed by atoms with E-state index < -0.39 is 0 Å². The summed E-state index contributed by atoms with van der Waals surface area (Å²) in [5.74, 6) is 1.43. The van der Waals surface area contributed by atoms with Crippen LogP contribution in [-0.4, -0.2) is 32.0 Å². The van der Waals surface area contributed by atoms with Crippen LogP contribution in [0, 0.1) is 5.92 Å². The summed E-state index contributed by atoms with van der Waals surface area (Å²) >= 11 is 0. The van der Waals surface area contributed by atoms with Crippen molar-refractivity contribution in [2.24, 2.45) is 5.92 Å². The molecule has 2 heterocycles. The average Bonchev–Trinajstić information content (AvgIpc) is 2.79. The highest BCUT2D eigenvalue weighted by atomic mass is 16.5. The van der Waals surface area contributed by atoms with E-state index in [9.17, 15) is 0 Å². The Balaban J connectivity index is 1.66. The molecule has 0 unspecified atom stereocenters. The number of rotatable bonds is 6. The van der Waals surface area contributed by atoms with Crippen LogP contribution in [0.1, 0.15) is 24.3 Å². The second-order valence-corrected chi connectivity index (χ2v) is 4.43. The van der Waals surface area contributed by atoms with Crippen molar-refractivity contribution in [2.75, 3.05) is 26.8 Å². The van der Waals surface area contributed by atoms with Crippen LogP contribution in [0.3, 0.4) is 0 Å². The number of methoxy groups -OCH3 is 1. The van der Waals surface area contributed by atoms with Gasteiger partial charge in [-0.15, -0.1) is 0 Å². The fourth-order valence-electron chi connectivity index (χ4n) is 2.01.